The van der Waals surface area contributed by atoms with E-state index in [0.29, 0.717) is 22.7 Å². The molecule has 4 rings (SSSR count). The van der Waals surface area contributed by atoms with Crippen molar-refractivity contribution in [1.29, 1.82) is 0 Å². The van der Waals surface area contributed by atoms with Gasteiger partial charge in [0.1, 0.15) is 23.4 Å². The number of fused-ring (bicyclic) bond motifs is 1. The first-order valence-corrected chi connectivity index (χ1v) is 9.17. The molecule has 0 saturated heterocycles. The number of carbonyl (C=O) groups is 1. The summed E-state index contributed by atoms with van der Waals surface area (Å²) in [6, 6.07) is 16.9. The van der Waals surface area contributed by atoms with Gasteiger partial charge < -0.3 is 14.6 Å². The Kier molecular flexibility index (Phi) is 4.99. The maximum atomic E-state index is 13.9. The molecule has 0 bridgehead atoms. The zero-order valence-corrected chi connectivity index (χ0v) is 16.1. The highest BCUT2D eigenvalue weighted by molar-refractivity contribution is 6.02. The van der Waals surface area contributed by atoms with Gasteiger partial charge in [-0.1, -0.05) is 36.4 Å². The minimum absolute atomic E-state index is 0.329. The molecule has 146 valence electrons. The molecule has 6 heteroatoms. The molecule has 1 N–H and O–H groups in total. The molecular formula is C23H20FN3O2. The number of carbonyl (C=O) groups excluding carboxylic acids is 1. The van der Waals surface area contributed by atoms with Crippen LogP contribution in [-0.4, -0.2) is 22.6 Å². The molecule has 0 aliphatic carbocycles. The van der Waals surface area contributed by atoms with Gasteiger partial charge in [0, 0.05) is 19.4 Å². The van der Waals surface area contributed by atoms with Crippen molar-refractivity contribution in [2.45, 2.75) is 6.04 Å². The average Bonchev–Trinajstić information content (AvgIpc) is 3.16. The van der Waals surface area contributed by atoms with Crippen LogP contribution in [0.25, 0.3) is 10.8 Å². The van der Waals surface area contributed by atoms with E-state index in [1.807, 2.05) is 37.4 Å². The van der Waals surface area contributed by atoms with Crippen molar-refractivity contribution in [3.05, 3.63) is 95.8 Å². The second-order valence-corrected chi connectivity index (χ2v) is 6.76. The van der Waals surface area contributed by atoms with Crippen LogP contribution < -0.4 is 10.1 Å². The van der Waals surface area contributed by atoms with E-state index >= 15 is 0 Å². The highest BCUT2D eigenvalue weighted by Crippen LogP contribution is 2.28. The summed E-state index contributed by atoms with van der Waals surface area (Å²) < 4.78 is 21.1. The number of methoxy groups -OCH3 is 1. The lowest BCUT2D eigenvalue weighted by atomic mass is 10.0. The minimum atomic E-state index is -0.616. The maximum Gasteiger partial charge on any atom is 0.255 e. The van der Waals surface area contributed by atoms with Crippen LogP contribution in [0.1, 0.15) is 27.8 Å². The SMILES string of the molecule is COc1cc2ccccc2cc1C(=O)N[C@@H](c1cccc(F)c1)c1nccn1C. The number of benzene rings is 3. The lowest BCUT2D eigenvalue weighted by Crippen LogP contribution is -2.31. The Balaban J connectivity index is 1.76. The molecular weight excluding hydrogens is 369 g/mol. The Hall–Kier alpha value is -3.67. The Labute approximate surface area is 167 Å². The van der Waals surface area contributed by atoms with E-state index in [0.717, 1.165) is 10.8 Å². The fourth-order valence-corrected chi connectivity index (χ4v) is 3.41. The van der Waals surface area contributed by atoms with Crippen LogP contribution in [0, 0.1) is 5.82 Å². The van der Waals surface area contributed by atoms with Crippen LogP contribution >= 0.6 is 0 Å². The quantitative estimate of drug-likeness (QED) is 0.555. The Morgan fingerprint density at radius 2 is 1.86 bits per heavy atom. The van der Waals surface area contributed by atoms with Crippen molar-refractivity contribution >= 4 is 16.7 Å². The Bertz CT molecular complexity index is 1190. The van der Waals surface area contributed by atoms with E-state index in [9.17, 15) is 9.18 Å². The molecule has 0 radical (unpaired) electrons. The van der Waals surface area contributed by atoms with Crippen molar-refractivity contribution in [2.24, 2.45) is 7.05 Å². The Morgan fingerprint density at radius 3 is 2.52 bits per heavy atom. The molecule has 1 heterocycles. The number of imidazole rings is 1. The smallest absolute Gasteiger partial charge is 0.255 e. The van der Waals surface area contributed by atoms with Crippen LogP contribution in [0.2, 0.25) is 0 Å². The molecule has 3 aromatic carbocycles. The molecule has 1 aromatic heterocycles. The fourth-order valence-electron chi connectivity index (χ4n) is 3.41. The van der Waals surface area contributed by atoms with Crippen LogP contribution in [0.3, 0.4) is 0 Å². The van der Waals surface area contributed by atoms with Crippen molar-refractivity contribution in [1.82, 2.24) is 14.9 Å². The molecule has 29 heavy (non-hydrogen) atoms. The zero-order valence-electron chi connectivity index (χ0n) is 16.1. The first-order valence-electron chi connectivity index (χ1n) is 9.17. The van der Waals surface area contributed by atoms with Crippen LogP contribution in [0.4, 0.5) is 4.39 Å². The average molecular weight is 389 g/mol. The van der Waals surface area contributed by atoms with Gasteiger partial charge in [0.05, 0.1) is 12.7 Å². The molecule has 1 amide bonds. The fraction of sp³-hybridized carbons (Fsp3) is 0.130. The largest absolute Gasteiger partial charge is 0.496 e. The molecule has 0 unspecified atom stereocenters. The summed E-state index contributed by atoms with van der Waals surface area (Å²) >= 11 is 0. The van der Waals surface area contributed by atoms with Crippen LogP contribution in [0.5, 0.6) is 5.75 Å². The van der Waals surface area contributed by atoms with Crippen LogP contribution in [-0.2, 0) is 7.05 Å². The van der Waals surface area contributed by atoms with Gasteiger partial charge in [-0.25, -0.2) is 9.37 Å². The standard InChI is InChI=1S/C23H20FN3O2/c1-27-11-10-25-22(27)21(17-8-5-9-18(24)12-17)26-23(28)19-13-15-6-3-4-7-16(15)14-20(19)29-2/h3-14,21H,1-2H3,(H,26,28)/t21-/m0/s1. The molecule has 0 saturated carbocycles. The lowest BCUT2D eigenvalue weighted by molar-refractivity contribution is 0.0938. The predicted molar refractivity (Wildman–Crippen MR) is 109 cm³/mol. The lowest BCUT2D eigenvalue weighted by Gasteiger charge is -2.20. The third-order valence-corrected chi connectivity index (χ3v) is 4.89. The third-order valence-electron chi connectivity index (χ3n) is 4.89. The van der Waals surface area contributed by atoms with E-state index in [1.165, 1.54) is 19.2 Å². The first kappa shape index (κ1) is 18.7. The topological polar surface area (TPSA) is 56.1 Å². The van der Waals surface area contributed by atoms with Gasteiger partial charge >= 0.3 is 0 Å². The molecule has 0 aliphatic rings. The summed E-state index contributed by atoms with van der Waals surface area (Å²) in [5.41, 5.74) is 1.01. The number of rotatable bonds is 5. The second kappa shape index (κ2) is 7.75. The monoisotopic (exact) mass is 389 g/mol. The van der Waals surface area contributed by atoms with Gasteiger partial charge in [-0.3, -0.25) is 4.79 Å². The van der Waals surface area contributed by atoms with E-state index in [4.69, 9.17) is 4.74 Å². The Morgan fingerprint density at radius 1 is 1.10 bits per heavy atom. The number of hydrogen-bond acceptors (Lipinski definition) is 3. The van der Waals surface area contributed by atoms with Gasteiger partial charge in [-0.05, 0) is 40.6 Å². The van der Waals surface area contributed by atoms with Gasteiger partial charge in [-0.2, -0.15) is 0 Å². The first-order chi connectivity index (χ1) is 14.1. The maximum absolute atomic E-state index is 13.9. The number of ether oxygens (including phenoxy) is 1. The highest BCUT2D eigenvalue weighted by Gasteiger charge is 2.23. The highest BCUT2D eigenvalue weighted by atomic mass is 19.1. The van der Waals surface area contributed by atoms with Crippen molar-refractivity contribution in [3.8, 4) is 5.75 Å². The van der Waals surface area contributed by atoms with E-state index < -0.39 is 6.04 Å². The van der Waals surface area contributed by atoms with Crippen molar-refractivity contribution in [2.75, 3.05) is 7.11 Å². The predicted octanol–water partition coefficient (Wildman–Crippen LogP) is 4.24. The number of halogens is 1. The molecule has 5 nitrogen and oxygen atoms in total. The summed E-state index contributed by atoms with van der Waals surface area (Å²) in [5.74, 6) is 0.367. The van der Waals surface area contributed by atoms with E-state index in [-0.39, 0.29) is 11.7 Å². The number of nitrogens with one attached hydrogen (secondary N) is 1. The molecule has 0 spiro atoms. The summed E-state index contributed by atoms with van der Waals surface area (Å²) in [4.78, 5) is 17.6. The van der Waals surface area contributed by atoms with Crippen molar-refractivity contribution < 1.29 is 13.9 Å². The summed E-state index contributed by atoms with van der Waals surface area (Å²) in [5, 5.41) is 4.90. The summed E-state index contributed by atoms with van der Waals surface area (Å²) in [7, 11) is 3.36. The number of amides is 1. The van der Waals surface area contributed by atoms with Crippen molar-refractivity contribution in [3.63, 3.8) is 0 Å². The van der Waals surface area contributed by atoms with Gasteiger partial charge in [0.15, 0.2) is 0 Å². The number of aromatic nitrogens is 2. The second-order valence-electron chi connectivity index (χ2n) is 6.76. The molecule has 4 aromatic rings. The zero-order chi connectivity index (χ0) is 20.4. The summed E-state index contributed by atoms with van der Waals surface area (Å²) in [6.45, 7) is 0. The normalized spacial score (nSPS) is 12.0. The third kappa shape index (κ3) is 3.69. The summed E-state index contributed by atoms with van der Waals surface area (Å²) in [6.07, 6.45) is 3.43. The van der Waals surface area contributed by atoms with E-state index in [2.05, 4.69) is 10.3 Å². The van der Waals surface area contributed by atoms with Gasteiger partial charge in [0.25, 0.3) is 5.91 Å². The van der Waals surface area contributed by atoms with Gasteiger partial charge in [0.2, 0.25) is 0 Å². The number of hydrogen-bond donors (Lipinski definition) is 1. The number of nitrogens with zero attached hydrogens (tertiary/aromatic N) is 2. The van der Waals surface area contributed by atoms with Gasteiger partial charge in [-0.15, -0.1) is 0 Å². The van der Waals surface area contributed by atoms with E-state index in [1.54, 1.807) is 35.2 Å². The van der Waals surface area contributed by atoms with Crippen LogP contribution in [0.15, 0.2) is 73.1 Å². The number of aryl methyl sites for hydroxylation is 1. The minimum Gasteiger partial charge on any atom is -0.496 e. The molecule has 0 fully saturated rings. The molecule has 1 atom stereocenters. The molecule has 0 aliphatic heterocycles.